The lowest BCUT2D eigenvalue weighted by molar-refractivity contribution is -0.129. The first-order valence-corrected chi connectivity index (χ1v) is 11.5. The van der Waals surface area contributed by atoms with E-state index in [2.05, 4.69) is 5.16 Å². The predicted molar refractivity (Wildman–Crippen MR) is 112 cm³/mol. The van der Waals surface area contributed by atoms with Crippen LogP contribution in [0.5, 0.6) is 0 Å². The summed E-state index contributed by atoms with van der Waals surface area (Å²) in [7, 11) is -3.77. The summed E-state index contributed by atoms with van der Waals surface area (Å²) in [5, 5.41) is 20.2. The Hall–Kier alpha value is -2.82. The highest BCUT2D eigenvalue weighted by Gasteiger charge is 2.35. The Morgan fingerprint density at radius 2 is 1.94 bits per heavy atom. The van der Waals surface area contributed by atoms with Gasteiger partial charge in [0.1, 0.15) is 17.2 Å². The summed E-state index contributed by atoms with van der Waals surface area (Å²) in [6, 6.07) is 11.9. The second kappa shape index (κ2) is 9.54. The average Bonchev–Trinajstić information content (AvgIpc) is 3.20. The van der Waals surface area contributed by atoms with Gasteiger partial charge in [0, 0.05) is 36.8 Å². The summed E-state index contributed by atoms with van der Waals surface area (Å²) in [6.45, 7) is 0.0448. The number of aliphatic hydroxyl groups excluding tert-OH is 1. The first-order valence-electron chi connectivity index (χ1n) is 9.58. The third kappa shape index (κ3) is 5.46. The molecule has 2 atom stereocenters. The van der Waals surface area contributed by atoms with Gasteiger partial charge in [-0.05, 0) is 23.6 Å². The summed E-state index contributed by atoms with van der Waals surface area (Å²) in [4.78, 5) is 16.9. The van der Waals surface area contributed by atoms with E-state index in [9.17, 15) is 17.6 Å². The number of sulfone groups is 1. The number of benzene rings is 2. The van der Waals surface area contributed by atoms with Gasteiger partial charge in [-0.3, -0.25) is 10.0 Å². The number of nitrogens with zero attached hydrogens (tertiary/aromatic N) is 1. The minimum Gasteiger partial charge on any atom is -0.396 e. The Bertz CT molecular complexity index is 1090. The Morgan fingerprint density at radius 3 is 2.52 bits per heavy atom. The van der Waals surface area contributed by atoms with Crippen LogP contribution in [-0.2, 0) is 25.9 Å². The number of hydrogen-bond donors (Lipinski definition) is 3. The molecule has 0 saturated heterocycles. The van der Waals surface area contributed by atoms with E-state index in [1.54, 1.807) is 24.3 Å². The molecule has 2 aromatic carbocycles. The standard InChI is InChI=1S/C21H23FN2O6S/c1-31(28,29)20(21(26)23-27)12-16-11-19(24-30-16)15-6-7-17(18(22)10-15)14-4-2-13(3-5-14)8-9-25/h2-7,10,16,20,25,27H,8-9,11-12H2,1H3,(H,23,26)/t16-,20?/m1/s1. The van der Waals surface area contributed by atoms with E-state index in [-0.39, 0.29) is 19.4 Å². The van der Waals surface area contributed by atoms with Gasteiger partial charge < -0.3 is 9.94 Å². The van der Waals surface area contributed by atoms with Crippen molar-refractivity contribution in [3.63, 3.8) is 0 Å². The van der Waals surface area contributed by atoms with E-state index in [1.165, 1.54) is 11.5 Å². The molecule has 1 heterocycles. The first kappa shape index (κ1) is 22.9. The number of carbonyl (C=O) groups excluding carboxylic acids is 1. The smallest absolute Gasteiger partial charge is 0.261 e. The quantitative estimate of drug-likeness (QED) is 0.416. The molecule has 1 amide bonds. The van der Waals surface area contributed by atoms with Gasteiger partial charge >= 0.3 is 0 Å². The molecule has 1 unspecified atom stereocenters. The molecule has 166 valence electrons. The second-order valence-electron chi connectivity index (χ2n) is 7.36. The lowest BCUT2D eigenvalue weighted by atomic mass is 9.97. The van der Waals surface area contributed by atoms with Crippen molar-refractivity contribution in [2.24, 2.45) is 5.16 Å². The van der Waals surface area contributed by atoms with Crippen LogP contribution in [0.3, 0.4) is 0 Å². The van der Waals surface area contributed by atoms with Crippen LogP contribution in [0.4, 0.5) is 4.39 Å². The third-order valence-electron chi connectivity index (χ3n) is 5.10. The van der Waals surface area contributed by atoms with Crippen molar-refractivity contribution in [3.8, 4) is 11.1 Å². The SMILES string of the molecule is CS(=O)(=O)C(C[C@H]1CC(c2ccc(-c3ccc(CCO)cc3)c(F)c2)=NO1)C(=O)NO. The summed E-state index contributed by atoms with van der Waals surface area (Å²) >= 11 is 0. The molecule has 1 aliphatic heterocycles. The van der Waals surface area contributed by atoms with Crippen LogP contribution >= 0.6 is 0 Å². The van der Waals surface area contributed by atoms with E-state index < -0.39 is 32.9 Å². The van der Waals surface area contributed by atoms with E-state index >= 15 is 0 Å². The van der Waals surface area contributed by atoms with Crippen molar-refractivity contribution in [2.45, 2.75) is 30.6 Å². The van der Waals surface area contributed by atoms with Crippen LogP contribution in [-0.4, -0.2) is 54.6 Å². The number of halogens is 1. The van der Waals surface area contributed by atoms with E-state index in [4.69, 9.17) is 15.2 Å². The Labute approximate surface area is 179 Å². The molecule has 0 fully saturated rings. The van der Waals surface area contributed by atoms with Crippen molar-refractivity contribution < 1.29 is 32.8 Å². The number of nitrogens with one attached hydrogen (secondary N) is 1. The van der Waals surface area contributed by atoms with E-state index in [0.717, 1.165) is 11.8 Å². The number of oxime groups is 1. The molecule has 10 heteroatoms. The molecule has 0 bridgehead atoms. The highest BCUT2D eigenvalue weighted by molar-refractivity contribution is 7.92. The van der Waals surface area contributed by atoms with Crippen molar-refractivity contribution in [2.75, 3.05) is 12.9 Å². The van der Waals surface area contributed by atoms with Crippen molar-refractivity contribution in [1.82, 2.24) is 5.48 Å². The van der Waals surface area contributed by atoms with Crippen molar-refractivity contribution >= 4 is 21.5 Å². The molecule has 3 rings (SSSR count). The average molecular weight is 450 g/mol. The molecule has 31 heavy (non-hydrogen) atoms. The second-order valence-corrected chi connectivity index (χ2v) is 9.59. The van der Waals surface area contributed by atoms with Crippen LogP contribution in [0.2, 0.25) is 0 Å². The molecule has 0 saturated carbocycles. The van der Waals surface area contributed by atoms with Crippen molar-refractivity contribution in [3.05, 3.63) is 59.4 Å². The predicted octanol–water partition coefficient (Wildman–Crippen LogP) is 1.83. The zero-order valence-electron chi connectivity index (χ0n) is 16.8. The lowest BCUT2D eigenvalue weighted by Gasteiger charge is -2.16. The van der Waals surface area contributed by atoms with Gasteiger partial charge in [-0.25, -0.2) is 18.3 Å². The number of aliphatic hydroxyl groups is 1. The van der Waals surface area contributed by atoms with E-state index in [0.29, 0.717) is 28.8 Å². The zero-order chi connectivity index (χ0) is 22.6. The first-order chi connectivity index (χ1) is 14.7. The van der Waals surface area contributed by atoms with Gasteiger partial charge in [-0.1, -0.05) is 41.6 Å². The van der Waals surface area contributed by atoms with Gasteiger partial charge in [0.25, 0.3) is 5.91 Å². The summed E-state index contributed by atoms with van der Waals surface area (Å²) in [6.07, 6.45) is 0.726. The monoisotopic (exact) mass is 450 g/mol. The van der Waals surface area contributed by atoms with E-state index in [1.807, 2.05) is 12.1 Å². The fraction of sp³-hybridized carbons (Fsp3) is 0.333. The Kier molecular flexibility index (Phi) is 7.04. The van der Waals surface area contributed by atoms with Crippen molar-refractivity contribution in [1.29, 1.82) is 0 Å². The third-order valence-corrected chi connectivity index (χ3v) is 6.54. The molecule has 3 N–H and O–H groups in total. The Morgan fingerprint density at radius 1 is 1.26 bits per heavy atom. The van der Waals surface area contributed by atoms with Crippen LogP contribution in [0.15, 0.2) is 47.6 Å². The molecule has 0 spiro atoms. The molecule has 0 radical (unpaired) electrons. The van der Waals surface area contributed by atoms with Gasteiger partial charge in [-0.2, -0.15) is 0 Å². The highest BCUT2D eigenvalue weighted by Crippen LogP contribution is 2.27. The summed E-state index contributed by atoms with van der Waals surface area (Å²) in [5.41, 5.74) is 4.34. The molecular weight excluding hydrogens is 427 g/mol. The lowest BCUT2D eigenvalue weighted by Crippen LogP contribution is -2.40. The topological polar surface area (TPSA) is 125 Å². The zero-order valence-corrected chi connectivity index (χ0v) is 17.6. The van der Waals surface area contributed by atoms with Crippen LogP contribution in [0.25, 0.3) is 11.1 Å². The van der Waals surface area contributed by atoms with Crippen LogP contribution < -0.4 is 5.48 Å². The highest BCUT2D eigenvalue weighted by atomic mass is 32.2. The van der Waals surface area contributed by atoms with Gasteiger partial charge in [0.05, 0.1) is 5.71 Å². The number of hydrogen-bond acceptors (Lipinski definition) is 7. The summed E-state index contributed by atoms with van der Waals surface area (Å²) < 4.78 is 38.4. The van der Waals surface area contributed by atoms with Crippen LogP contribution in [0, 0.1) is 5.82 Å². The molecular formula is C21H23FN2O6S. The maximum absolute atomic E-state index is 14.8. The minimum absolute atomic E-state index is 0.0448. The number of hydroxylamine groups is 1. The summed E-state index contributed by atoms with van der Waals surface area (Å²) in [5.74, 6) is -1.49. The van der Waals surface area contributed by atoms with Gasteiger partial charge in [0.2, 0.25) is 0 Å². The fourth-order valence-corrected chi connectivity index (χ4v) is 4.43. The minimum atomic E-state index is -3.77. The van der Waals surface area contributed by atoms with Crippen LogP contribution in [0.1, 0.15) is 24.0 Å². The maximum Gasteiger partial charge on any atom is 0.261 e. The molecule has 0 aromatic heterocycles. The molecule has 0 aliphatic carbocycles. The normalized spacial score (nSPS) is 17.0. The maximum atomic E-state index is 14.8. The molecule has 2 aromatic rings. The van der Waals surface area contributed by atoms with Gasteiger partial charge in [0.15, 0.2) is 9.84 Å². The number of amides is 1. The molecule has 8 nitrogen and oxygen atoms in total. The molecule has 1 aliphatic rings. The fourth-order valence-electron chi connectivity index (χ4n) is 3.42. The Balaban J connectivity index is 1.72. The van der Waals surface area contributed by atoms with Gasteiger partial charge in [-0.15, -0.1) is 0 Å². The number of rotatable bonds is 8. The number of carbonyl (C=O) groups is 1. The largest absolute Gasteiger partial charge is 0.396 e.